The Hall–Kier alpha value is -2.65. The molecule has 37 heavy (non-hydrogen) atoms. The van der Waals surface area contributed by atoms with Gasteiger partial charge in [0.1, 0.15) is 15.8 Å². The van der Waals surface area contributed by atoms with Crippen LogP contribution in [0.2, 0.25) is 10.0 Å². The predicted octanol–water partition coefficient (Wildman–Crippen LogP) is 2.98. The summed E-state index contributed by atoms with van der Waals surface area (Å²) in [5.41, 5.74) is 0.425. The predicted molar refractivity (Wildman–Crippen MR) is 132 cm³/mol. The molecule has 0 spiro atoms. The van der Waals surface area contributed by atoms with Crippen LogP contribution in [-0.4, -0.2) is 20.2 Å². The van der Waals surface area contributed by atoms with Gasteiger partial charge in [-0.1, -0.05) is 36.2 Å². The molecule has 0 saturated carbocycles. The third-order valence-corrected chi connectivity index (χ3v) is 6.49. The fraction of sp³-hybridized carbons (Fsp3) is 0.125. The number of nitriles is 1. The Morgan fingerprint density at radius 2 is 1.78 bits per heavy atom. The Morgan fingerprint density at radius 3 is 2.41 bits per heavy atom. The van der Waals surface area contributed by atoms with Gasteiger partial charge < -0.3 is 19.6 Å². The molecule has 3 aromatic rings. The summed E-state index contributed by atoms with van der Waals surface area (Å²) in [6.45, 7) is 1.49. The van der Waals surface area contributed by atoms with Crippen molar-refractivity contribution in [2.75, 3.05) is 5.32 Å². The fourth-order valence-corrected chi connectivity index (χ4v) is 4.34. The van der Waals surface area contributed by atoms with Crippen molar-refractivity contribution in [3.05, 3.63) is 86.3 Å². The summed E-state index contributed by atoms with van der Waals surface area (Å²) in [5.74, 6) is -2.50. The van der Waals surface area contributed by atoms with E-state index in [1.54, 1.807) is 0 Å². The van der Waals surface area contributed by atoms with E-state index in [1.165, 1.54) is 61.5 Å². The van der Waals surface area contributed by atoms with Crippen molar-refractivity contribution in [2.45, 2.75) is 24.7 Å². The van der Waals surface area contributed by atoms with Crippen molar-refractivity contribution in [1.82, 2.24) is 0 Å². The molecule has 13 heteroatoms. The molecule has 0 aliphatic carbocycles. The van der Waals surface area contributed by atoms with Crippen molar-refractivity contribution in [3.63, 3.8) is 0 Å². The molecule has 1 N–H and O–H groups in total. The quantitative estimate of drug-likeness (QED) is 0.414. The smallest absolute Gasteiger partial charge is 0.542 e. The van der Waals surface area contributed by atoms with Crippen molar-refractivity contribution in [3.8, 4) is 17.6 Å². The number of anilines is 1. The number of sulfonamides is 1. The van der Waals surface area contributed by atoms with Crippen LogP contribution in [0, 0.1) is 17.1 Å². The SMILES string of the molecule is CCC(=O)[N-]S(=O)(=O)c1ccc(NC(=O)Cc2ccc(Cl)c(Oc3cc(Cl)cc(C#N)c3)c2F)cc1.[Na+]. The largest absolute Gasteiger partial charge is 1.00 e. The van der Waals surface area contributed by atoms with Crippen LogP contribution >= 0.6 is 23.2 Å². The minimum atomic E-state index is -4.15. The van der Waals surface area contributed by atoms with E-state index in [-0.39, 0.29) is 79.2 Å². The minimum absolute atomic E-state index is 0. The van der Waals surface area contributed by atoms with Gasteiger partial charge in [-0.15, -0.1) is 0 Å². The monoisotopic (exact) mass is 571 g/mol. The number of carbonyl (C=O) groups is 2. The average molecular weight is 572 g/mol. The fourth-order valence-electron chi connectivity index (χ4n) is 2.95. The zero-order valence-corrected chi connectivity index (χ0v) is 23.9. The molecule has 0 bridgehead atoms. The number of nitrogens with one attached hydrogen (secondary N) is 1. The van der Waals surface area contributed by atoms with Gasteiger partial charge >= 0.3 is 29.6 Å². The van der Waals surface area contributed by atoms with E-state index in [2.05, 4.69) is 10.0 Å². The minimum Gasteiger partial charge on any atom is -0.542 e. The van der Waals surface area contributed by atoms with Crippen LogP contribution in [0.5, 0.6) is 11.5 Å². The molecule has 8 nitrogen and oxygen atoms in total. The third kappa shape index (κ3) is 8.17. The van der Waals surface area contributed by atoms with Crippen LogP contribution in [0.3, 0.4) is 0 Å². The average Bonchev–Trinajstić information content (AvgIpc) is 2.83. The zero-order chi connectivity index (χ0) is 26.5. The zero-order valence-electron chi connectivity index (χ0n) is 19.6. The number of hydrogen-bond donors (Lipinski definition) is 1. The van der Waals surface area contributed by atoms with Gasteiger partial charge in [-0.05, 0) is 55.0 Å². The standard InChI is InChI=1S/C24H18Cl2FN3O5S.Na/c1-2-21(31)30-36(33,34)19-6-4-17(5-7-19)29-22(32)11-15-3-8-20(26)24(23(15)27)35-18-10-14(13-28)9-16(25)12-18;/h3-10,12H,2,11H2,1H3,(H2,29,30,31,32);/q;+1/p-1. The van der Waals surface area contributed by atoms with Gasteiger partial charge in [0.05, 0.1) is 33.9 Å². The van der Waals surface area contributed by atoms with Crippen molar-refractivity contribution >= 4 is 50.7 Å². The Bertz CT molecular complexity index is 1480. The molecule has 0 aliphatic heterocycles. The van der Waals surface area contributed by atoms with Gasteiger partial charge in [-0.25, -0.2) is 12.8 Å². The molecule has 0 unspecified atom stereocenters. The van der Waals surface area contributed by atoms with Crippen LogP contribution in [0.1, 0.15) is 24.5 Å². The number of hydrogen-bond acceptors (Lipinski definition) is 6. The molecule has 0 aromatic heterocycles. The second-order valence-electron chi connectivity index (χ2n) is 7.30. The Balaban J connectivity index is 0.00000481. The van der Waals surface area contributed by atoms with Crippen molar-refractivity contribution in [2.24, 2.45) is 0 Å². The van der Waals surface area contributed by atoms with Crippen LogP contribution < -0.4 is 39.6 Å². The summed E-state index contributed by atoms with van der Waals surface area (Å²) in [7, 11) is -4.15. The van der Waals surface area contributed by atoms with Crippen molar-refractivity contribution in [1.29, 1.82) is 5.26 Å². The van der Waals surface area contributed by atoms with Crippen LogP contribution in [0.25, 0.3) is 4.72 Å². The van der Waals surface area contributed by atoms with E-state index in [9.17, 15) is 18.0 Å². The van der Waals surface area contributed by atoms with E-state index in [4.69, 9.17) is 33.2 Å². The molecule has 3 rings (SSSR count). The molecule has 0 radical (unpaired) electrons. The first kappa shape index (κ1) is 30.6. The number of carbonyl (C=O) groups excluding carboxylic acids is 2. The van der Waals surface area contributed by atoms with Crippen LogP contribution in [-0.2, 0) is 26.0 Å². The van der Waals surface area contributed by atoms with E-state index in [0.717, 1.165) is 0 Å². The first-order valence-electron chi connectivity index (χ1n) is 10.3. The van der Waals surface area contributed by atoms with Gasteiger partial charge in [0.15, 0.2) is 11.6 Å². The van der Waals surface area contributed by atoms with Crippen LogP contribution in [0.15, 0.2) is 59.5 Å². The topological polar surface area (TPSA) is 127 Å². The Labute approximate surface area is 245 Å². The number of nitrogens with zero attached hydrogens (tertiary/aromatic N) is 2. The molecule has 0 saturated heterocycles. The number of benzene rings is 3. The molecule has 186 valence electrons. The van der Waals surface area contributed by atoms with Gasteiger partial charge in [-0.2, -0.15) is 5.26 Å². The molecular formula is C24H17Cl2FN3NaO5S. The van der Waals surface area contributed by atoms with Gasteiger partial charge in [0.2, 0.25) is 5.91 Å². The van der Waals surface area contributed by atoms with E-state index in [0.29, 0.717) is 0 Å². The summed E-state index contributed by atoms with van der Waals surface area (Å²) in [4.78, 5) is 23.6. The summed E-state index contributed by atoms with van der Waals surface area (Å²) in [6.07, 6.45) is -0.444. The first-order chi connectivity index (χ1) is 17.0. The third-order valence-electron chi connectivity index (χ3n) is 4.66. The van der Waals surface area contributed by atoms with Crippen molar-refractivity contribution < 1.29 is 56.7 Å². The van der Waals surface area contributed by atoms with E-state index in [1.807, 2.05) is 6.07 Å². The summed E-state index contributed by atoms with van der Waals surface area (Å²) in [5, 5.41) is 11.8. The van der Waals surface area contributed by atoms with E-state index >= 15 is 4.39 Å². The summed E-state index contributed by atoms with van der Waals surface area (Å²) < 4.78 is 48.0. The Morgan fingerprint density at radius 1 is 1.11 bits per heavy atom. The summed E-state index contributed by atoms with van der Waals surface area (Å²) >= 11 is 12.0. The second kappa shape index (κ2) is 13.2. The molecule has 3 aromatic carbocycles. The maximum Gasteiger partial charge on any atom is 1.00 e. The summed E-state index contributed by atoms with van der Waals surface area (Å²) in [6, 6.07) is 13.7. The molecular weight excluding hydrogens is 555 g/mol. The maximum absolute atomic E-state index is 15.1. The second-order valence-corrected chi connectivity index (χ2v) is 9.75. The maximum atomic E-state index is 15.1. The molecule has 0 heterocycles. The van der Waals surface area contributed by atoms with E-state index < -0.39 is 34.1 Å². The molecule has 2 amide bonds. The number of halogens is 3. The van der Waals surface area contributed by atoms with Gasteiger partial charge in [-0.3, -0.25) is 4.79 Å². The normalized spacial score (nSPS) is 10.6. The number of amides is 2. The van der Waals surface area contributed by atoms with Gasteiger partial charge in [0.25, 0.3) is 0 Å². The number of rotatable bonds is 8. The molecule has 0 fully saturated rings. The molecule has 0 atom stereocenters. The first-order valence-corrected chi connectivity index (χ1v) is 12.5. The van der Waals surface area contributed by atoms with Crippen LogP contribution in [0.4, 0.5) is 10.1 Å². The molecule has 0 aliphatic rings. The Kier molecular flexibility index (Phi) is 10.9. The van der Waals surface area contributed by atoms with Gasteiger partial charge in [0, 0.05) is 16.3 Å². The number of ether oxygens (including phenoxy) is 1.